The molecule has 110 valence electrons. The Kier molecular flexibility index (Phi) is 3.77. The number of anilines is 3. The maximum absolute atomic E-state index is 12.2. The first-order valence-corrected chi connectivity index (χ1v) is 7.20. The van der Waals surface area contributed by atoms with Gasteiger partial charge in [0, 0.05) is 19.2 Å². The van der Waals surface area contributed by atoms with Gasteiger partial charge in [-0.1, -0.05) is 12.1 Å². The van der Waals surface area contributed by atoms with E-state index >= 15 is 0 Å². The lowest BCUT2D eigenvalue weighted by molar-refractivity contribution is 0.102. The van der Waals surface area contributed by atoms with Crippen LogP contribution in [0.1, 0.15) is 29.8 Å². The molecule has 0 unspecified atom stereocenters. The molecule has 0 radical (unpaired) electrons. The lowest BCUT2D eigenvalue weighted by atomic mass is 10.1. The molecule has 0 spiro atoms. The van der Waals surface area contributed by atoms with Crippen LogP contribution in [-0.2, 0) is 0 Å². The summed E-state index contributed by atoms with van der Waals surface area (Å²) in [4.78, 5) is 14.5. The summed E-state index contributed by atoms with van der Waals surface area (Å²) in [7, 11) is 0. The molecule has 1 aliphatic rings. The summed E-state index contributed by atoms with van der Waals surface area (Å²) < 4.78 is 0. The fourth-order valence-corrected chi connectivity index (χ4v) is 2.63. The average Bonchev–Trinajstić information content (AvgIpc) is 2.95. The van der Waals surface area contributed by atoms with Gasteiger partial charge in [0.05, 0.1) is 11.4 Å². The number of para-hydroxylation sites is 2. The second-order valence-electron chi connectivity index (χ2n) is 5.23. The van der Waals surface area contributed by atoms with Crippen LogP contribution >= 0.6 is 0 Å². The van der Waals surface area contributed by atoms with Gasteiger partial charge in [-0.05, 0) is 31.4 Å². The average molecular weight is 285 g/mol. The van der Waals surface area contributed by atoms with Gasteiger partial charge >= 0.3 is 0 Å². The van der Waals surface area contributed by atoms with Gasteiger partial charge < -0.3 is 16.0 Å². The predicted molar refractivity (Wildman–Crippen MR) is 83.5 cm³/mol. The first-order valence-electron chi connectivity index (χ1n) is 7.20. The maximum atomic E-state index is 12.2. The number of hydrogen-bond donors (Lipinski definition) is 3. The van der Waals surface area contributed by atoms with E-state index in [1.54, 1.807) is 0 Å². The zero-order valence-electron chi connectivity index (χ0n) is 11.8. The molecule has 4 N–H and O–H groups in total. The lowest BCUT2D eigenvalue weighted by Gasteiger charge is -2.30. The van der Waals surface area contributed by atoms with Crippen molar-refractivity contribution in [2.24, 2.45) is 0 Å². The third-order valence-corrected chi connectivity index (χ3v) is 3.69. The topological polar surface area (TPSA) is 87.0 Å². The fraction of sp³-hybridized carbons (Fsp3) is 0.333. The summed E-state index contributed by atoms with van der Waals surface area (Å²) in [5.74, 6) is 0.0770. The van der Waals surface area contributed by atoms with Gasteiger partial charge in [0.25, 0.3) is 5.91 Å². The highest BCUT2D eigenvalue weighted by molar-refractivity contribution is 6.05. The van der Waals surface area contributed by atoms with Crippen molar-refractivity contribution in [3.63, 3.8) is 0 Å². The van der Waals surface area contributed by atoms with Crippen molar-refractivity contribution in [2.45, 2.75) is 19.3 Å². The summed E-state index contributed by atoms with van der Waals surface area (Å²) >= 11 is 0. The molecule has 1 amide bonds. The Morgan fingerprint density at radius 2 is 2.00 bits per heavy atom. The highest BCUT2D eigenvalue weighted by atomic mass is 16.1. The first kappa shape index (κ1) is 13.5. The number of amides is 1. The summed E-state index contributed by atoms with van der Waals surface area (Å²) in [6, 6.07) is 9.40. The number of H-pyrrole nitrogens is 1. The predicted octanol–water partition coefficient (Wildman–Crippen LogP) is 2.23. The van der Waals surface area contributed by atoms with Gasteiger partial charge in [0.15, 0.2) is 0 Å². The van der Waals surface area contributed by atoms with Crippen molar-refractivity contribution in [1.29, 1.82) is 0 Å². The van der Waals surface area contributed by atoms with Gasteiger partial charge in [-0.3, -0.25) is 9.89 Å². The molecule has 3 rings (SSSR count). The Labute approximate surface area is 123 Å². The van der Waals surface area contributed by atoms with Crippen molar-refractivity contribution >= 4 is 23.1 Å². The molecule has 1 aromatic heterocycles. The molecule has 2 aromatic rings. The highest BCUT2D eigenvalue weighted by Gasteiger charge is 2.16. The molecule has 2 heterocycles. The smallest absolute Gasteiger partial charge is 0.273 e. The number of hydrogen-bond acceptors (Lipinski definition) is 4. The van der Waals surface area contributed by atoms with Gasteiger partial charge in [0.1, 0.15) is 11.5 Å². The standard InChI is InChI=1S/C15H19N5O/c16-14-10-12(18-19-14)15(21)17-11-6-2-3-7-13(11)20-8-4-1-5-9-20/h2-3,6-7,10H,1,4-5,8-9H2,(H,17,21)(H3,16,18,19). The van der Waals surface area contributed by atoms with Gasteiger partial charge in [0.2, 0.25) is 0 Å². The zero-order valence-corrected chi connectivity index (χ0v) is 11.8. The van der Waals surface area contributed by atoms with Crippen molar-refractivity contribution < 1.29 is 4.79 Å². The zero-order chi connectivity index (χ0) is 14.7. The lowest BCUT2D eigenvalue weighted by Crippen LogP contribution is -2.30. The Balaban J connectivity index is 1.80. The largest absolute Gasteiger partial charge is 0.382 e. The normalized spacial score (nSPS) is 15.0. The molecule has 0 bridgehead atoms. The first-order chi connectivity index (χ1) is 10.2. The van der Waals surface area contributed by atoms with Crippen LogP contribution in [-0.4, -0.2) is 29.2 Å². The van der Waals surface area contributed by atoms with E-state index in [-0.39, 0.29) is 5.91 Å². The second kappa shape index (κ2) is 5.87. The number of aromatic nitrogens is 2. The number of nitrogen functional groups attached to an aromatic ring is 1. The molecule has 1 fully saturated rings. The number of benzene rings is 1. The number of rotatable bonds is 3. The number of carbonyl (C=O) groups excluding carboxylic acids is 1. The molecule has 0 aliphatic carbocycles. The Morgan fingerprint density at radius 3 is 2.71 bits per heavy atom. The molecule has 1 saturated heterocycles. The molecular formula is C15H19N5O. The molecule has 21 heavy (non-hydrogen) atoms. The Bertz CT molecular complexity index is 630. The number of aromatic amines is 1. The van der Waals surface area contributed by atoms with E-state index in [4.69, 9.17) is 5.73 Å². The van der Waals surface area contributed by atoms with Crippen molar-refractivity contribution in [1.82, 2.24) is 10.2 Å². The van der Waals surface area contributed by atoms with E-state index in [1.807, 2.05) is 24.3 Å². The molecule has 1 aliphatic heterocycles. The maximum Gasteiger partial charge on any atom is 0.273 e. The number of piperidine rings is 1. The Hall–Kier alpha value is -2.50. The minimum absolute atomic E-state index is 0.233. The number of carbonyl (C=O) groups is 1. The van der Waals surface area contributed by atoms with Gasteiger partial charge in [-0.15, -0.1) is 0 Å². The fourth-order valence-electron chi connectivity index (χ4n) is 2.63. The van der Waals surface area contributed by atoms with E-state index in [9.17, 15) is 4.79 Å². The third-order valence-electron chi connectivity index (χ3n) is 3.69. The molecule has 1 aromatic carbocycles. The van der Waals surface area contributed by atoms with Crippen molar-refractivity contribution in [3.8, 4) is 0 Å². The van der Waals surface area contributed by atoms with Crippen LogP contribution in [0.5, 0.6) is 0 Å². The molecule has 6 nitrogen and oxygen atoms in total. The van der Waals surface area contributed by atoms with Crippen molar-refractivity contribution in [2.75, 3.05) is 29.0 Å². The summed E-state index contributed by atoms with van der Waals surface area (Å²) in [6.45, 7) is 2.06. The summed E-state index contributed by atoms with van der Waals surface area (Å²) in [5, 5.41) is 9.33. The van der Waals surface area contributed by atoms with Gasteiger partial charge in [-0.25, -0.2) is 0 Å². The van der Waals surface area contributed by atoms with Crippen LogP contribution in [0.4, 0.5) is 17.2 Å². The molecule has 0 saturated carbocycles. The van der Waals surface area contributed by atoms with Crippen LogP contribution in [0.3, 0.4) is 0 Å². The summed E-state index contributed by atoms with van der Waals surface area (Å²) in [6.07, 6.45) is 3.66. The van der Waals surface area contributed by atoms with Crippen molar-refractivity contribution in [3.05, 3.63) is 36.0 Å². The van der Waals surface area contributed by atoms with E-state index in [1.165, 1.54) is 25.3 Å². The van der Waals surface area contributed by atoms with E-state index in [0.717, 1.165) is 24.5 Å². The third kappa shape index (κ3) is 2.99. The van der Waals surface area contributed by atoms with Gasteiger partial charge in [-0.2, -0.15) is 5.10 Å². The SMILES string of the molecule is Nc1cc(C(=O)Nc2ccccc2N2CCCCC2)[nH]n1. The minimum atomic E-state index is -0.233. The second-order valence-corrected chi connectivity index (χ2v) is 5.23. The minimum Gasteiger partial charge on any atom is -0.382 e. The van der Waals surface area contributed by atoms with E-state index in [2.05, 4.69) is 20.4 Å². The molecule has 6 heteroatoms. The highest BCUT2D eigenvalue weighted by Crippen LogP contribution is 2.28. The summed E-state index contributed by atoms with van der Waals surface area (Å²) in [5.41, 5.74) is 7.77. The number of nitrogens with one attached hydrogen (secondary N) is 2. The van der Waals surface area contributed by atoms with Crippen LogP contribution in [0.2, 0.25) is 0 Å². The van der Waals surface area contributed by atoms with Crippen LogP contribution < -0.4 is 16.0 Å². The number of nitrogens with two attached hydrogens (primary N) is 1. The molecule has 0 atom stereocenters. The monoisotopic (exact) mass is 285 g/mol. The van der Waals surface area contributed by atoms with E-state index < -0.39 is 0 Å². The van der Waals surface area contributed by atoms with E-state index in [0.29, 0.717) is 11.5 Å². The Morgan fingerprint density at radius 1 is 1.24 bits per heavy atom. The number of nitrogens with zero attached hydrogens (tertiary/aromatic N) is 2. The quantitative estimate of drug-likeness (QED) is 0.807. The van der Waals surface area contributed by atoms with Crippen LogP contribution in [0, 0.1) is 0 Å². The van der Waals surface area contributed by atoms with Crippen LogP contribution in [0.15, 0.2) is 30.3 Å². The van der Waals surface area contributed by atoms with Crippen LogP contribution in [0.25, 0.3) is 0 Å². The molecular weight excluding hydrogens is 266 g/mol.